The van der Waals surface area contributed by atoms with Gasteiger partial charge in [-0.15, -0.1) is 0 Å². The van der Waals surface area contributed by atoms with E-state index in [9.17, 15) is 57.9 Å². The number of hydrogen-bond acceptors (Lipinski definition) is 18. The lowest BCUT2D eigenvalue weighted by Crippen LogP contribution is -2.46. The molecule has 344 valence electrons. The molecule has 1 saturated heterocycles. The highest BCUT2D eigenvalue weighted by Gasteiger charge is 2.50. The smallest absolute Gasteiger partial charge is 0.386 e. The minimum Gasteiger partial charge on any atom is -0.386 e. The number of phosphoric ester groups is 3. The Kier molecular flexibility index (Phi) is 20.8. The Morgan fingerprint density at radius 3 is 2.39 bits per heavy atom. The molecule has 3 rings (SSSR count). The first kappa shape index (κ1) is 52.4. The molecule has 7 atom stereocenters. The molecule has 10 N–H and O–H groups in total. The highest BCUT2D eigenvalue weighted by atomic mass is 32.2. The third-order valence-electron chi connectivity index (χ3n) is 8.64. The van der Waals surface area contributed by atoms with E-state index in [1.807, 2.05) is 0 Å². The number of hydrogen-bond donors (Lipinski definition) is 9. The monoisotopic (exact) mass is 945 g/mol. The Bertz CT molecular complexity index is 1980. The van der Waals surface area contributed by atoms with Crippen molar-refractivity contribution in [1.29, 1.82) is 0 Å². The molecule has 2 aromatic rings. The van der Waals surface area contributed by atoms with Crippen LogP contribution >= 0.6 is 35.2 Å². The Morgan fingerprint density at radius 1 is 1.00 bits per heavy atom. The van der Waals surface area contributed by atoms with Crippen molar-refractivity contribution in [3.8, 4) is 0 Å². The SMILES string of the molecule is CCCCC/C=C\CC/C=C/C(=O)SCCNC(=O)CCNC(=O)[C@H](O)C(C)(C)COP(=O)(O)OP(=O)(O)OC[C@H]1O[C@@H](n2cnc3c(N)ncnc32)[C@H](O)[C@@H]1OP(=O)(O)O. The van der Waals surface area contributed by atoms with Crippen molar-refractivity contribution in [3.63, 3.8) is 0 Å². The maximum Gasteiger partial charge on any atom is 0.481 e. The lowest BCUT2D eigenvalue weighted by atomic mass is 9.87. The minimum absolute atomic E-state index is 0.0305. The normalized spacial score (nSPS) is 21.1. The van der Waals surface area contributed by atoms with Gasteiger partial charge in [-0.1, -0.05) is 63.6 Å². The maximum atomic E-state index is 12.7. The summed E-state index contributed by atoms with van der Waals surface area (Å²) in [6, 6.07) is 0. The van der Waals surface area contributed by atoms with Crippen LogP contribution in [0.1, 0.15) is 71.9 Å². The highest BCUT2D eigenvalue weighted by molar-refractivity contribution is 8.14. The largest absolute Gasteiger partial charge is 0.481 e. The van der Waals surface area contributed by atoms with Crippen LogP contribution in [0.25, 0.3) is 11.2 Å². The summed E-state index contributed by atoms with van der Waals surface area (Å²) in [7, 11) is -16.4. The number of rotatable bonds is 27. The number of unbranched alkanes of at least 4 members (excludes halogenated alkanes) is 4. The zero-order valence-corrected chi connectivity index (χ0v) is 37.1. The first-order valence-electron chi connectivity index (χ1n) is 18.9. The van der Waals surface area contributed by atoms with Crippen LogP contribution in [0.2, 0.25) is 0 Å². The topological polar surface area (TPSA) is 364 Å². The van der Waals surface area contributed by atoms with Gasteiger partial charge < -0.3 is 50.9 Å². The van der Waals surface area contributed by atoms with E-state index in [0.717, 1.165) is 48.2 Å². The fourth-order valence-corrected chi connectivity index (χ4v) is 8.88. The van der Waals surface area contributed by atoms with Crippen molar-refractivity contribution in [2.24, 2.45) is 5.41 Å². The van der Waals surface area contributed by atoms with Crippen LogP contribution in [-0.2, 0) is 50.7 Å². The molecule has 0 radical (unpaired) electrons. The van der Waals surface area contributed by atoms with Gasteiger partial charge in [0.1, 0.15) is 36.3 Å². The van der Waals surface area contributed by atoms with Crippen LogP contribution < -0.4 is 16.4 Å². The number of aliphatic hydroxyl groups excluding tert-OH is 2. The Labute approximate surface area is 355 Å². The van der Waals surface area contributed by atoms with Crippen LogP contribution in [0.3, 0.4) is 0 Å². The van der Waals surface area contributed by atoms with Gasteiger partial charge in [0.2, 0.25) is 16.9 Å². The van der Waals surface area contributed by atoms with Crippen molar-refractivity contribution >= 4 is 69.1 Å². The number of carbonyl (C=O) groups excluding carboxylic acids is 3. The molecule has 61 heavy (non-hydrogen) atoms. The minimum atomic E-state index is -5.57. The van der Waals surface area contributed by atoms with Gasteiger partial charge in [-0.3, -0.25) is 32.5 Å². The molecule has 0 spiro atoms. The van der Waals surface area contributed by atoms with E-state index in [1.54, 1.807) is 6.08 Å². The standard InChI is InChI=1S/C33H54N7O17P3S/c1-4-5-6-7-8-9-10-11-12-13-24(42)61-17-16-35-23(41)14-15-36-31(45)28(44)33(2,3)19-54-60(51,52)57-59(49,50)53-18-22-27(56-58(46,47)48)26(43)32(55-22)40-21-39-25-29(34)37-20-38-30(25)40/h8-9,12-13,20-22,26-28,32,43-44H,4-7,10-11,14-19H2,1-3H3,(H,35,41)(H,36,45)(H,49,50)(H,51,52)(H2,34,37,38)(H2,46,47,48)/b9-8-,13-12+/t22-,26-,27-,28+,32-/m1/s1. The number of thioether (sulfide) groups is 1. The van der Waals surface area contributed by atoms with Crippen LogP contribution in [0.15, 0.2) is 37.0 Å². The number of anilines is 1. The predicted molar refractivity (Wildman–Crippen MR) is 219 cm³/mol. The number of phosphoric acid groups is 3. The number of aliphatic hydroxyl groups is 2. The third kappa shape index (κ3) is 18.0. The molecule has 28 heteroatoms. The molecular weight excluding hydrogens is 891 g/mol. The number of amides is 2. The van der Waals surface area contributed by atoms with E-state index in [4.69, 9.17) is 19.5 Å². The van der Waals surface area contributed by atoms with Gasteiger partial charge in [0.25, 0.3) is 0 Å². The summed E-state index contributed by atoms with van der Waals surface area (Å²) in [5, 5.41) is 26.3. The van der Waals surface area contributed by atoms with Crippen LogP contribution in [0.4, 0.5) is 5.82 Å². The summed E-state index contributed by atoms with van der Waals surface area (Å²) < 4.78 is 62.2. The summed E-state index contributed by atoms with van der Waals surface area (Å²) in [6.07, 6.45) is 6.84. The summed E-state index contributed by atoms with van der Waals surface area (Å²) in [5.74, 6) is -1.13. The van der Waals surface area contributed by atoms with E-state index in [2.05, 4.69) is 53.5 Å². The number of nitrogens with one attached hydrogen (secondary N) is 2. The van der Waals surface area contributed by atoms with E-state index >= 15 is 0 Å². The highest BCUT2D eigenvalue weighted by Crippen LogP contribution is 2.61. The first-order valence-corrected chi connectivity index (χ1v) is 24.4. The number of aromatic nitrogens is 4. The van der Waals surface area contributed by atoms with E-state index in [-0.39, 0.29) is 41.6 Å². The van der Waals surface area contributed by atoms with E-state index in [1.165, 1.54) is 39.2 Å². The lowest BCUT2D eigenvalue weighted by Gasteiger charge is -2.30. The molecule has 2 aromatic heterocycles. The molecule has 1 fully saturated rings. The Balaban J connectivity index is 1.41. The second-order valence-corrected chi connectivity index (χ2v) is 19.5. The van der Waals surface area contributed by atoms with Gasteiger partial charge in [-0.25, -0.2) is 28.6 Å². The fraction of sp³-hybridized carbons (Fsp3) is 0.636. The maximum absolute atomic E-state index is 12.7. The van der Waals surface area contributed by atoms with Crippen molar-refractivity contribution in [1.82, 2.24) is 30.2 Å². The molecular formula is C33H54N7O17P3S. The van der Waals surface area contributed by atoms with Crippen molar-refractivity contribution < 1.29 is 80.5 Å². The van der Waals surface area contributed by atoms with Gasteiger partial charge in [0, 0.05) is 30.7 Å². The summed E-state index contributed by atoms with van der Waals surface area (Å²) in [6.45, 7) is 2.64. The number of nitrogens with zero attached hydrogens (tertiary/aromatic N) is 4. The molecule has 1 aliphatic heterocycles. The number of imidazole rings is 1. The molecule has 2 unspecified atom stereocenters. The zero-order valence-electron chi connectivity index (χ0n) is 33.6. The molecule has 0 saturated carbocycles. The van der Waals surface area contributed by atoms with Gasteiger partial charge in [-0.2, -0.15) is 4.31 Å². The summed E-state index contributed by atoms with van der Waals surface area (Å²) in [4.78, 5) is 87.8. The number of carbonyl (C=O) groups is 3. The average molecular weight is 946 g/mol. The zero-order chi connectivity index (χ0) is 45.4. The second kappa shape index (κ2) is 24.2. The quantitative estimate of drug-likeness (QED) is 0.0268. The number of nitrogens with two attached hydrogens (primary N) is 1. The number of ether oxygens (including phenoxy) is 1. The lowest BCUT2D eigenvalue weighted by molar-refractivity contribution is -0.137. The first-order chi connectivity index (χ1) is 28.6. The Hall–Kier alpha value is -2.96. The van der Waals surface area contributed by atoms with Gasteiger partial charge in [0.15, 0.2) is 17.7 Å². The molecule has 1 aliphatic rings. The number of allylic oxidation sites excluding steroid dienone is 3. The predicted octanol–water partition coefficient (Wildman–Crippen LogP) is 2.14. The van der Waals surface area contributed by atoms with Crippen LogP contribution in [-0.4, -0.2) is 123 Å². The molecule has 2 amide bonds. The molecule has 0 bridgehead atoms. The fourth-order valence-electron chi connectivity index (χ4n) is 5.45. The van der Waals surface area contributed by atoms with Gasteiger partial charge in [-0.05, 0) is 31.8 Å². The number of fused-ring (bicyclic) bond motifs is 1. The van der Waals surface area contributed by atoms with Gasteiger partial charge >= 0.3 is 23.5 Å². The van der Waals surface area contributed by atoms with E-state index in [0.29, 0.717) is 5.75 Å². The average Bonchev–Trinajstić information content (AvgIpc) is 3.73. The van der Waals surface area contributed by atoms with Gasteiger partial charge in [0.05, 0.1) is 19.5 Å². The van der Waals surface area contributed by atoms with Crippen LogP contribution in [0.5, 0.6) is 0 Å². The summed E-state index contributed by atoms with van der Waals surface area (Å²) >= 11 is 1.04. The van der Waals surface area contributed by atoms with Crippen molar-refractivity contribution in [2.45, 2.75) is 96.4 Å². The second-order valence-electron chi connectivity index (χ2n) is 14.2. The van der Waals surface area contributed by atoms with E-state index < -0.39 is 84.6 Å². The molecule has 0 aliphatic carbocycles. The number of nitrogen functional groups attached to an aromatic ring is 1. The molecule has 24 nitrogen and oxygen atoms in total. The van der Waals surface area contributed by atoms with Crippen LogP contribution in [0, 0.1) is 5.41 Å². The Morgan fingerprint density at radius 2 is 1.69 bits per heavy atom. The third-order valence-corrected chi connectivity index (χ3v) is 12.6. The molecule has 0 aromatic carbocycles. The van der Waals surface area contributed by atoms with Crippen molar-refractivity contribution in [3.05, 3.63) is 37.0 Å². The molecule has 3 heterocycles. The van der Waals surface area contributed by atoms with Crippen molar-refractivity contribution in [2.75, 3.05) is 37.8 Å². The summed E-state index contributed by atoms with van der Waals surface area (Å²) in [5.41, 5.74) is 4.27.